The number of carbonyl (C=O) groups is 1. The van der Waals surface area contributed by atoms with Gasteiger partial charge in [0.2, 0.25) is 6.41 Å². The van der Waals surface area contributed by atoms with Crippen molar-refractivity contribution in [2.75, 3.05) is 31.1 Å². The Kier molecular flexibility index (Phi) is 7.54. The van der Waals surface area contributed by atoms with Gasteiger partial charge in [-0.1, -0.05) is 23.7 Å². The minimum Gasteiger partial charge on any atom is -0.368 e. The van der Waals surface area contributed by atoms with Gasteiger partial charge in [-0.25, -0.2) is 4.98 Å². The summed E-state index contributed by atoms with van der Waals surface area (Å²) in [4.78, 5) is 20.6. The van der Waals surface area contributed by atoms with Crippen LogP contribution in [0.25, 0.3) is 0 Å². The Morgan fingerprint density at radius 2 is 1.77 bits per heavy atom. The van der Waals surface area contributed by atoms with Crippen LogP contribution in [0, 0.1) is 0 Å². The molecule has 31 heavy (non-hydrogen) atoms. The number of hydrogen-bond acceptors (Lipinski definition) is 4. The predicted molar refractivity (Wildman–Crippen MR) is 128 cm³/mol. The Hall–Kier alpha value is -2.44. The molecule has 0 radical (unpaired) electrons. The van der Waals surface area contributed by atoms with Crippen molar-refractivity contribution in [3.63, 3.8) is 0 Å². The molecule has 0 bridgehead atoms. The fraction of sp³-hybridized carbons (Fsp3) is 0.333. The fourth-order valence-corrected chi connectivity index (χ4v) is 5.10. The molecule has 1 amide bonds. The minimum atomic E-state index is 0.437. The number of benzene rings is 2. The molecule has 162 valence electrons. The highest BCUT2D eigenvalue weighted by atomic mass is 35.5. The van der Waals surface area contributed by atoms with Crippen molar-refractivity contribution in [2.24, 2.45) is 0 Å². The molecule has 0 spiro atoms. The van der Waals surface area contributed by atoms with E-state index in [1.165, 1.54) is 16.1 Å². The van der Waals surface area contributed by atoms with Crippen LogP contribution < -0.4 is 4.90 Å². The molecule has 0 saturated carbocycles. The summed E-state index contributed by atoms with van der Waals surface area (Å²) in [5.41, 5.74) is 2.53. The van der Waals surface area contributed by atoms with Crippen molar-refractivity contribution >= 4 is 35.5 Å². The van der Waals surface area contributed by atoms with Crippen LogP contribution >= 0.6 is 23.4 Å². The zero-order valence-corrected chi connectivity index (χ0v) is 19.0. The number of thioether (sulfide) groups is 1. The molecule has 7 heteroatoms. The van der Waals surface area contributed by atoms with Crippen LogP contribution in [0.4, 0.5) is 5.69 Å². The van der Waals surface area contributed by atoms with Gasteiger partial charge in [-0.2, -0.15) is 0 Å². The number of amides is 1. The van der Waals surface area contributed by atoms with E-state index in [9.17, 15) is 4.79 Å². The van der Waals surface area contributed by atoms with E-state index in [0.29, 0.717) is 5.25 Å². The second kappa shape index (κ2) is 10.7. The predicted octanol–water partition coefficient (Wildman–Crippen LogP) is 4.61. The molecule has 5 nitrogen and oxygen atoms in total. The van der Waals surface area contributed by atoms with Gasteiger partial charge in [-0.05, 0) is 54.8 Å². The van der Waals surface area contributed by atoms with Gasteiger partial charge in [0, 0.05) is 66.0 Å². The Balaban J connectivity index is 1.38. The van der Waals surface area contributed by atoms with Crippen LogP contribution in [0.1, 0.15) is 12.0 Å². The SMILES string of the molecule is O=CN1CCN(c2ccc(SC(CCc3ccc(Cl)cc3)Cn3ccnc3)cc2)CC1. The molecule has 0 aliphatic carbocycles. The lowest BCUT2D eigenvalue weighted by atomic mass is 10.1. The lowest BCUT2D eigenvalue weighted by Crippen LogP contribution is -2.45. The number of piperazine rings is 1. The van der Waals surface area contributed by atoms with Crippen molar-refractivity contribution in [3.05, 3.63) is 77.8 Å². The number of imidazole rings is 1. The average molecular weight is 455 g/mol. The zero-order valence-electron chi connectivity index (χ0n) is 17.4. The molecule has 0 N–H and O–H groups in total. The van der Waals surface area contributed by atoms with Crippen LogP contribution in [0.2, 0.25) is 5.02 Å². The normalized spacial score (nSPS) is 15.1. The number of aromatic nitrogens is 2. The highest BCUT2D eigenvalue weighted by Crippen LogP contribution is 2.30. The van der Waals surface area contributed by atoms with E-state index in [0.717, 1.165) is 57.0 Å². The Labute approximate surface area is 193 Å². The van der Waals surface area contributed by atoms with Gasteiger partial charge in [0.05, 0.1) is 6.33 Å². The van der Waals surface area contributed by atoms with E-state index in [2.05, 4.69) is 50.8 Å². The third-order valence-corrected chi connectivity index (χ3v) is 7.12. The van der Waals surface area contributed by atoms with Gasteiger partial charge in [0.1, 0.15) is 0 Å². The van der Waals surface area contributed by atoms with Gasteiger partial charge in [-0.15, -0.1) is 11.8 Å². The molecule has 1 aliphatic heterocycles. The molecular weight excluding hydrogens is 428 g/mol. The van der Waals surface area contributed by atoms with Crippen LogP contribution in [-0.4, -0.2) is 52.3 Å². The lowest BCUT2D eigenvalue weighted by molar-refractivity contribution is -0.118. The number of anilines is 1. The largest absolute Gasteiger partial charge is 0.368 e. The van der Waals surface area contributed by atoms with E-state index in [4.69, 9.17) is 11.6 Å². The van der Waals surface area contributed by atoms with Gasteiger partial charge in [0.25, 0.3) is 0 Å². The topological polar surface area (TPSA) is 41.4 Å². The summed E-state index contributed by atoms with van der Waals surface area (Å²) in [6.45, 7) is 4.27. The number of nitrogens with zero attached hydrogens (tertiary/aromatic N) is 4. The minimum absolute atomic E-state index is 0.437. The quantitative estimate of drug-likeness (QED) is 0.350. The summed E-state index contributed by atoms with van der Waals surface area (Å²) >= 11 is 7.95. The molecule has 1 aromatic heterocycles. The summed E-state index contributed by atoms with van der Waals surface area (Å²) in [6.07, 6.45) is 8.78. The first-order chi connectivity index (χ1) is 15.2. The summed E-state index contributed by atoms with van der Waals surface area (Å²) < 4.78 is 2.15. The van der Waals surface area contributed by atoms with Gasteiger partial charge in [0.15, 0.2) is 0 Å². The number of halogens is 1. The number of carbonyl (C=O) groups excluding carboxylic acids is 1. The molecule has 4 rings (SSSR count). The second-order valence-corrected chi connectivity index (χ2v) is 9.60. The van der Waals surface area contributed by atoms with Crippen molar-refractivity contribution in [1.82, 2.24) is 14.5 Å². The van der Waals surface area contributed by atoms with Gasteiger partial charge in [-0.3, -0.25) is 4.79 Å². The third-order valence-electron chi connectivity index (χ3n) is 5.61. The first kappa shape index (κ1) is 21.8. The molecule has 1 saturated heterocycles. The molecule has 1 fully saturated rings. The standard InChI is InChI=1S/C24H27ClN4OS/c25-21-4-1-20(2-5-21)3-8-24(17-28-12-11-26-18-28)31-23-9-6-22(7-10-23)29-15-13-27(19-30)14-16-29/h1-2,4-7,9-12,18-19,24H,3,8,13-17H2. The van der Waals surface area contributed by atoms with Crippen molar-refractivity contribution in [1.29, 1.82) is 0 Å². The van der Waals surface area contributed by atoms with E-state index >= 15 is 0 Å². The van der Waals surface area contributed by atoms with E-state index < -0.39 is 0 Å². The molecular formula is C24H27ClN4OS. The first-order valence-corrected chi connectivity index (χ1v) is 11.9. The van der Waals surface area contributed by atoms with Crippen molar-refractivity contribution in [3.8, 4) is 0 Å². The smallest absolute Gasteiger partial charge is 0.209 e. The van der Waals surface area contributed by atoms with E-state index in [-0.39, 0.29) is 0 Å². The van der Waals surface area contributed by atoms with Gasteiger partial charge >= 0.3 is 0 Å². The number of rotatable bonds is 9. The summed E-state index contributed by atoms with van der Waals surface area (Å²) in [6, 6.07) is 17.0. The fourth-order valence-electron chi connectivity index (χ4n) is 3.81. The van der Waals surface area contributed by atoms with Crippen LogP contribution in [0.5, 0.6) is 0 Å². The Morgan fingerprint density at radius 1 is 1.03 bits per heavy atom. The maximum Gasteiger partial charge on any atom is 0.209 e. The van der Waals surface area contributed by atoms with E-state index in [1.807, 2.05) is 47.5 Å². The number of hydrogen-bond donors (Lipinski definition) is 0. The summed E-state index contributed by atoms with van der Waals surface area (Å²) in [5.74, 6) is 0. The Bertz CT molecular complexity index is 939. The van der Waals surface area contributed by atoms with Gasteiger partial charge < -0.3 is 14.4 Å². The molecule has 2 aromatic carbocycles. The number of aryl methyl sites for hydroxylation is 1. The lowest BCUT2D eigenvalue weighted by Gasteiger charge is -2.34. The summed E-state index contributed by atoms with van der Waals surface area (Å²) in [5, 5.41) is 1.22. The van der Waals surface area contributed by atoms with Crippen LogP contribution in [0.3, 0.4) is 0 Å². The molecule has 1 aliphatic rings. The third kappa shape index (κ3) is 6.28. The summed E-state index contributed by atoms with van der Waals surface area (Å²) in [7, 11) is 0. The second-order valence-electron chi connectivity index (χ2n) is 7.79. The molecule has 1 atom stereocenters. The highest BCUT2D eigenvalue weighted by Gasteiger charge is 2.16. The van der Waals surface area contributed by atoms with E-state index in [1.54, 1.807) is 0 Å². The van der Waals surface area contributed by atoms with Crippen molar-refractivity contribution < 1.29 is 4.79 Å². The van der Waals surface area contributed by atoms with Crippen LogP contribution in [0.15, 0.2) is 72.1 Å². The first-order valence-electron chi connectivity index (χ1n) is 10.6. The van der Waals surface area contributed by atoms with Crippen LogP contribution in [-0.2, 0) is 17.8 Å². The van der Waals surface area contributed by atoms with Crippen molar-refractivity contribution in [2.45, 2.75) is 29.5 Å². The molecule has 2 heterocycles. The maximum atomic E-state index is 10.9. The zero-order chi connectivity index (χ0) is 21.5. The average Bonchev–Trinajstić information content (AvgIpc) is 3.32. The molecule has 3 aromatic rings. The Morgan fingerprint density at radius 3 is 2.42 bits per heavy atom. The molecule has 1 unspecified atom stereocenters. The highest BCUT2D eigenvalue weighted by molar-refractivity contribution is 8.00. The monoisotopic (exact) mass is 454 g/mol. The maximum absolute atomic E-state index is 10.9.